The van der Waals surface area contributed by atoms with Crippen LogP contribution in [0, 0.1) is 0 Å². The van der Waals surface area contributed by atoms with Crippen molar-refractivity contribution in [2.75, 3.05) is 0 Å². The fourth-order valence-corrected chi connectivity index (χ4v) is 6.77. The van der Waals surface area contributed by atoms with Crippen molar-refractivity contribution in [1.82, 2.24) is 10.6 Å². The van der Waals surface area contributed by atoms with Crippen molar-refractivity contribution in [1.29, 1.82) is 0 Å². The molecule has 5 heteroatoms. The van der Waals surface area contributed by atoms with E-state index >= 15 is 0 Å². The minimum absolute atomic E-state index is 0.158. The lowest BCUT2D eigenvalue weighted by Gasteiger charge is -2.35. The van der Waals surface area contributed by atoms with Gasteiger partial charge in [-0.3, -0.25) is 14.9 Å². The van der Waals surface area contributed by atoms with E-state index in [-0.39, 0.29) is 11.9 Å². The average Bonchev–Trinajstić information content (AvgIpc) is 3.25. The SMILES string of the molecule is O=C1CCC(c2cccc3ccccc23)CC1.O=C1NC(=O)C2(CCC(c3cccc4ccccc34)CC2)N1. The maximum Gasteiger partial charge on any atom is 0.322 e. The number of fused-ring (bicyclic) bond motifs is 2. The van der Waals surface area contributed by atoms with Crippen molar-refractivity contribution >= 4 is 39.3 Å². The Morgan fingerprint density at radius 1 is 0.590 bits per heavy atom. The van der Waals surface area contributed by atoms with E-state index in [0.29, 0.717) is 30.5 Å². The number of rotatable bonds is 2. The Morgan fingerprint density at radius 2 is 1.08 bits per heavy atom. The van der Waals surface area contributed by atoms with E-state index < -0.39 is 5.54 Å². The number of nitrogens with one attached hydrogen (secondary N) is 2. The molecule has 3 fully saturated rings. The van der Waals surface area contributed by atoms with Crippen LogP contribution in [0.15, 0.2) is 84.9 Å². The molecule has 1 heterocycles. The fraction of sp³-hybridized carbons (Fsp3) is 0.324. The summed E-state index contributed by atoms with van der Waals surface area (Å²) in [7, 11) is 0. The van der Waals surface area contributed by atoms with Crippen molar-refractivity contribution in [2.24, 2.45) is 0 Å². The summed E-state index contributed by atoms with van der Waals surface area (Å²) >= 11 is 0. The molecule has 2 N–H and O–H groups in total. The summed E-state index contributed by atoms with van der Waals surface area (Å²) in [6.45, 7) is 0. The van der Waals surface area contributed by atoms with Gasteiger partial charge in [0.15, 0.2) is 0 Å². The van der Waals surface area contributed by atoms with Gasteiger partial charge in [0.05, 0.1) is 0 Å². The summed E-state index contributed by atoms with van der Waals surface area (Å²) in [5.74, 6) is 1.29. The first-order valence-electron chi connectivity index (χ1n) is 14.1. The van der Waals surface area contributed by atoms with Crippen LogP contribution < -0.4 is 10.6 Å². The number of hydrogen-bond acceptors (Lipinski definition) is 3. The molecule has 0 radical (unpaired) electrons. The van der Waals surface area contributed by atoms with Gasteiger partial charge in [-0.2, -0.15) is 0 Å². The van der Waals surface area contributed by atoms with Crippen LogP contribution in [-0.2, 0) is 9.59 Å². The predicted molar refractivity (Wildman–Crippen MR) is 155 cm³/mol. The first-order chi connectivity index (χ1) is 19.0. The Balaban J connectivity index is 0.000000147. The van der Waals surface area contributed by atoms with Gasteiger partial charge in [-0.25, -0.2) is 4.79 Å². The molecular formula is C34H34N2O3. The Labute approximate surface area is 229 Å². The van der Waals surface area contributed by atoms with Crippen LogP contribution in [0.2, 0.25) is 0 Å². The minimum Gasteiger partial charge on any atom is -0.323 e. The summed E-state index contributed by atoms with van der Waals surface area (Å²) in [5.41, 5.74) is 2.12. The van der Waals surface area contributed by atoms with Gasteiger partial charge in [0.1, 0.15) is 11.3 Å². The largest absolute Gasteiger partial charge is 0.323 e. The molecule has 3 amide bonds. The number of imide groups is 1. The summed E-state index contributed by atoms with van der Waals surface area (Å²) in [6, 6.07) is 29.5. The van der Waals surface area contributed by atoms with Crippen LogP contribution >= 0.6 is 0 Å². The number of ketones is 1. The van der Waals surface area contributed by atoms with Gasteiger partial charge in [0.2, 0.25) is 0 Å². The third-order valence-electron chi connectivity index (χ3n) is 8.92. The van der Waals surface area contributed by atoms with E-state index in [2.05, 4.69) is 95.6 Å². The number of urea groups is 1. The number of benzene rings is 4. The van der Waals surface area contributed by atoms with Crippen molar-refractivity contribution in [2.45, 2.75) is 68.7 Å². The molecule has 1 aliphatic heterocycles. The highest BCUT2D eigenvalue weighted by atomic mass is 16.2. The molecule has 39 heavy (non-hydrogen) atoms. The third kappa shape index (κ3) is 5.06. The Kier molecular flexibility index (Phi) is 6.90. The highest BCUT2D eigenvalue weighted by Gasteiger charge is 2.48. The van der Waals surface area contributed by atoms with Crippen molar-refractivity contribution in [3.05, 3.63) is 96.1 Å². The first kappa shape index (κ1) is 25.3. The van der Waals surface area contributed by atoms with Crippen LogP contribution in [0.3, 0.4) is 0 Å². The van der Waals surface area contributed by atoms with Gasteiger partial charge in [0, 0.05) is 12.8 Å². The second-order valence-electron chi connectivity index (χ2n) is 11.2. The molecular weight excluding hydrogens is 484 g/mol. The topological polar surface area (TPSA) is 75.3 Å². The second-order valence-corrected chi connectivity index (χ2v) is 11.2. The van der Waals surface area contributed by atoms with Crippen LogP contribution in [0.5, 0.6) is 0 Å². The molecule has 2 aliphatic carbocycles. The maximum absolute atomic E-state index is 12.0. The number of amides is 3. The molecule has 4 aromatic carbocycles. The first-order valence-corrected chi connectivity index (χ1v) is 14.1. The zero-order valence-electron chi connectivity index (χ0n) is 22.1. The van der Waals surface area contributed by atoms with E-state index in [4.69, 9.17) is 0 Å². The normalized spacial score (nSPS) is 23.4. The lowest BCUT2D eigenvalue weighted by Crippen LogP contribution is -2.49. The van der Waals surface area contributed by atoms with Crippen LogP contribution in [-0.4, -0.2) is 23.3 Å². The molecule has 2 saturated carbocycles. The van der Waals surface area contributed by atoms with E-state index in [0.717, 1.165) is 38.5 Å². The van der Waals surface area contributed by atoms with E-state index in [1.165, 1.54) is 32.7 Å². The van der Waals surface area contributed by atoms with E-state index in [9.17, 15) is 14.4 Å². The van der Waals surface area contributed by atoms with Crippen LogP contribution in [0.1, 0.15) is 74.3 Å². The van der Waals surface area contributed by atoms with Crippen LogP contribution in [0.25, 0.3) is 21.5 Å². The van der Waals surface area contributed by atoms with E-state index in [1.807, 2.05) is 0 Å². The molecule has 0 unspecified atom stereocenters. The smallest absolute Gasteiger partial charge is 0.322 e. The summed E-state index contributed by atoms with van der Waals surface area (Å²) < 4.78 is 0. The molecule has 198 valence electrons. The zero-order valence-corrected chi connectivity index (χ0v) is 22.1. The lowest BCUT2D eigenvalue weighted by molar-refractivity contribution is -0.125. The number of carbonyl (C=O) groups is 3. The fourth-order valence-electron chi connectivity index (χ4n) is 6.77. The second kappa shape index (κ2) is 10.6. The predicted octanol–water partition coefficient (Wildman–Crippen LogP) is 7.14. The summed E-state index contributed by atoms with van der Waals surface area (Å²) in [5, 5.41) is 10.4. The highest BCUT2D eigenvalue weighted by molar-refractivity contribution is 6.07. The minimum atomic E-state index is -0.668. The summed E-state index contributed by atoms with van der Waals surface area (Å²) in [4.78, 5) is 34.7. The van der Waals surface area contributed by atoms with E-state index in [1.54, 1.807) is 0 Å². The molecule has 0 atom stereocenters. The molecule has 4 aromatic rings. The zero-order chi connectivity index (χ0) is 26.8. The Hall–Kier alpha value is -3.99. The Morgan fingerprint density at radius 3 is 1.59 bits per heavy atom. The van der Waals surface area contributed by atoms with Crippen molar-refractivity contribution in [3.8, 4) is 0 Å². The average molecular weight is 519 g/mol. The third-order valence-corrected chi connectivity index (χ3v) is 8.92. The molecule has 5 nitrogen and oxygen atoms in total. The maximum atomic E-state index is 12.0. The van der Waals surface area contributed by atoms with Gasteiger partial charge in [-0.1, -0.05) is 84.9 Å². The summed E-state index contributed by atoms with van der Waals surface area (Å²) in [6.07, 6.45) is 6.81. The molecule has 1 saturated heterocycles. The van der Waals surface area contributed by atoms with Gasteiger partial charge in [0.25, 0.3) is 5.91 Å². The lowest BCUT2D eigenvalue weighted by atomic mass is 9.73. The molecule has 0 aromatic heterocycles. The highest BCUT2D eigenvalue weighted by Crippen LogP contribution is 2.41. The van der Waals surface area contributed by atoms with Crippen LogP contribution in [0.4, 0.5) is 4.79 Å². The van der Waals surface area contributed by atoms with Gasteiger partial charge in [-0.05, 0) is 83.0 Å². The molecule has 1 spiro atoms. The number of hydrogen-bond donors (Lipinski definition) is 2. The van der Waals surface area contributed by atoms with Crippen molar-refractivity contribution < 1.29 is 14.4 Å². The molecule has 3 aliphatic rings. The quantitative estimate of drug-likeness (QED) is 0.277. The van der Waals surface area contributed by atoms with Crippen molar-refractivity contribution in [3.63, 3.8) is 0 Å². The number of Topliss-reactive ketones (excluding diaryl/α,β-unsaturated/α-hetero) is 1. The monoisotopic (exact) mass is 518 g/mol. The standard InChI is InChI=1S/C18H18N2O2.C16H16O/c21-16-18(20-17(22)19-16)10-8-13(9-11-18)15-7-3-5-12-4-1-2-6-14(12)15;17-14-10-8-13(9-11-14)16-7-3-5-12-4-1-2-6-15(12)16/h1-7,13H,8-11H2,(H2,19,20,21,22);1-7,13H,8-11H2. The Bertz CT molecular complexity index is 1530. The van der Waals surface area contributed by atoms with Gasteiger partial charge >= 0.3 is 6.03 Å². The molecule has 0 bridgehead atoms. The molecule has 7 rings (SSSR count). The number of carbonyl (C=O) groups excluding carboxylic acids is 3. The van der Waals surface area contributed by atoms with Gasteiger partial charge in [-0.15, -0.1) is 0 Å². The van der Waals surface area contributed by atoms with Gasteiger partial charge < -0.3 is 5.32 Å².